The Morgan fingerprint density at radius 3 is 2.75 bits per heavy atom. The fourth-order valence-corrected chi connectivity index (χ4v) is 1.15. The minimum absolute atomic E-state index is 0.0742. The van der Waals surface area contributed by atoms with E-state index in [0.29, 0.717) is 11.3 Å². The highest BCUT2D eigenvalue weighted by molar-refractivity contribution is 5.43. The summed E-state index contributed by atoms with van der Waals surface area (Å²) in [5.74, 6) is 0.342. The first-order chi connectivity index (χ1) is 7.54. The lowest BCUT2D eigenvalue weighted by atomic mass is 10.2. The van der Waals surface area contributed by atoms with Gasteiger partial charge in [0.25, 0.3) is 5.69 Å². The quantitative estimate of drug-likeness (QED) is 0.574. The standard InChI is InChI=1S/C10H13NO5/c1-7(13)6-16-10-3-2-9(11(14)15)4-8(10)5-12/h2-4,7,12-13H,5-6H2,1H3. The van der Waals surface area contributed by atoms with Crippen molar-refractivity contribution in [2.24, 2.45) is 0 Å². The molecule has 1 aromatic carbocycles. The lowest BCUT2D eigenvalue weighted by molar-refractivity contribution is -0.385. The molecule has 0 amide bonds. The molecule has 0 spiro atoms. The van der Waals surface area contributed by atoms with Gasteiger partial charge >= 0.3 is 0 Å². The second kappa shape index (κ2) is 5.43. The second-order valence-corrected chi connectivity index (χ2v) is 3.37. The summed E-state index contributed by atoms with van der Waals surface area (Å²) in [5.41, 5.74) is 0.225. The van der Waals surface area contributed by atoms with Crippen LogP contribution in [0, 0.1) is 10.1 Å². The summed E-state index contributed by atoms with van der Waals surface area (Å²) < 4.78 is 5.19. The largest absolute Gasteiger partial charge is 0.491 e. The summed E-state index contributed by atoms with van der Waals surface area (Å²) >= 11 is 0. The van der Waals surface area contributed by atoms with Gasteiger partial charge in [-0.1, -0.05) is 0 Å². The van der Waals surface area contributed by atoms with Crippen LogP contribution in [0.5, 0.6) is 5.75 Å². The molecule has 0 heterocycles. The number of rotatable bonds is 5. The van der Waals surface area contributed by atoms with E-state index in [1.165, 1.54) is 18.2 Å². The van der Waals surface area contributed by atoms with E-state index < -0.39 is 11.0 Å². The van der Waals surface area contributed by atoms with Gasteiger partial charge in [-0.3, -0.25) is 10.1 Å². The van der Waals surface area contributed by atoms with Crippen molar-refractivity contribution in [2.45, 2.75) is 19.6 Å². The summed E-state index contributed by atoms with van der Waals surface area (Å²) in [7, 11) is 0. The summed E-state index contributed by atoms with van der Waals surface area (Å²) in [5, 5.41) is 28.5. The van der Waals surface area contributed by atoms with Crippen molar-refractivity contribution in [2.75, 3.05) is 6.61 Å². The molecule has 1 aromatic rings. The van der Waals surface area contributed by atoms with Gasteiger partial charge in [0, 0.05) is 17.7 Å². The Kier molecular flexibility index (Phi) is 4.21. The normalized spacial score (nSPS) is 12.2. The van der Waals surface area contributed by atoms with Crippen molar-refractivity contribution in [3.8, 4) is 5.75 Å². The van der Waals surface area contributed by atoms with E-state index in [1.807, 2.05) is 0 Å². The molecule has 0 aliphatic carbocycles. The van der Waals surface area contributed by atoms with Crippen LogP contribution in [0.15, 0.2) is 18.2 Å². The molecule has 0 bridgehead atoms. The van der Waals surface area contributed by atoms with Gasteiger partial charge in [0.05, 0.1) is 17.6 Å². The Balaban J connectivity index is 2.89. The van der Waals surface area contributed by atoms with E-state index in [-0.39, 0.29) is 18.9 Å². The molecule has 0 aliphatic heterocycles. The van der Waals surface area contributed by atoms with Gasteiger partial charge in [0.1, 0.15) is 12.4 Å². The number of hydrogen-bond acceptors (Lipinski definition) is 5. The van der Waals surface area contributed by atoms with Crippen LogP contribution in [0.4, 0.5) is 5.69 Å². The number of nitrogens with zero attached hydrogens (tertiary/aromatic N) is 1. The molecule has 0 aliphatic rings. The van der Waals surface area contributed by atoms with Crippen molar-refractivity contribution in [3.05, 3.63) is 33.9 Å². The molecule has 6 nitrogen and oxygen atoms in total. The van der Waals surface area contributed by atoms with Crippen molar-refractivity contribution < 1.29 is 19.9 Å². The SMILES string of the molecule is CC(O)COc1ccc([N+](=O)[O-])cc1CO. The number of non-ortho nitro benzene ring substituents is 1. The van der Waals surface area contributed by atoms with Crippen molar-refractivity contribution in [1.29, 1.82) is 0 Å². The third-order valence-corrected chi connectivity index (χ3v) is 1.91. The van der Waals surface area contributed by atoms with Crippen molar-refractivity contribution in [1.82, 2.24) is 0 Å². The minimum Gasteiger partial charge on any atom is -0.491 e. The summed E-state index contributed by atoms with van der Waals surface area (Å²) in [6.07, 6.45) is -0.637. The Labute approximate surface area is 92.2 Å². The Bertz CT molecular complexity index is 377. The van der Waals surface area contributed by atoms with Gasteiger partial charge in [-0.25, -0.2) is 0 Å². The zero-order chi connectivity index (χ0) is 12.1. The fraction of sp³-hybridized carbons (Fsp3) is 0.400. The predicted octanol–water partition coefficient (Wildman–Crippen LogP) is 0.847. The first-order valence-electron chi connectivity index (χ1n) is 4.73. The molecule has 0 fully saturated rings. The van der Waals surface area contributed by atoms with Crippen LogP contribution < -0.4 is 4.74 Å². The highest BCUT2D eigenvalue weighted by atomic mass is 16.6. The summed E-state index contributed by atoms with van der Waals surface area (Å²) in [4.78, 5) is 9.95. The number of benzene rings is 1. The predicted molar refractivity (Wildman–Crippen MR) is 56.2 cm³/mol. The molecule has 1 rings (SSSR count). The zero-order valence-corrected chi connectivity index (χ0v) is 8.79. The average molecular weight is 227 g/mol. The van der Waals surface area contributed by atoms with E-state index in [0.717, 1.165) is 0 Å². The minimum atomic E-state index is -0.637. The molecule has 2 N–H and O–H groups in total. The van der Waals surface area contributed by atoms with Crippen molar-refractivity contribution in [3.63, 3.8) is 0 Å². The smallest absolute Gasteiger partial charge is 0.270 e. The molecular formula is C10H13NO5. The highest BCUT2D eigenvalue weighted by Gasteiger charge is 2.11. The Morgan fingerprint density at radius 1 is 1.56 bits per heavy atom. The maximum absolute atomic E-state index is 10.5. The van der Waals surface area contributed by atoms with Crippen LogP contribution in [-0.4, -0.2) is 27.8 Å². The molecule has 1 unspecified atom stereocenters. The van der Waals surface area contributed by atoms with Crippen LogP contribution >= 0.6 is 0 Å². The Morgan fingerprint density at radius 2 is 2.25 bits per heavy atom. The molecule has 1 atom stereocenters. The van der Waals surface area contributed by atoms with Crippen LogP contribution in [0.1, 0.15) is 12.5 Å². The van der Waals surface area contributed by atoms with E-state index in [4.69, 9.17) is 14.9 Å². The van der Waals surface area contributed by atoms with Crippen molar-refractivity contribution >= 4 is 5.69 Å². The maximum Gasteiger partial charge on any atom is 0.270 e. The molecule has 88 valence electrons. The van der Waals surface area contributed by atoms with E-state index in [2.05, 4.69) is 0 Å². The summed E-state index contributed by atoms with van der Waals surface area (Å²) in [6, 6.07) is 3.94. The van der Waals surface area contributed by atoms with Crippen LogP contribution in [0.3, 0.4) is 0 Å². The number of aliphatic hydroxyl groups is 2. The number of aliphatic hydroxyl groups excluding tert-OH is 2. The monoisotopic (exact) mass is 227 g/mol. The molecule has 16 heavy (non-hydrogen) atoms. The first-order valence-corrected chi connectivity index (χ1v) is 4.73. The van der Waals surface area contributed by atoms with Crippen LogP contribution in [0.25, 0.3) is 0 Å². The third kappa shape index (κ3) is 3.18. The highest BCUT2D eigenvalue weighted by Crippen LogP contribution is 2.24. The lowest BCUT2D eigenvalue weighted by Gasteiger charge is -2.11. The number of nitro groups is 1. The molecule has 0 saturated carbocycles. The van der Waals surface area contributed by atoms with Gasteiger partial charge in [-0.2, -0.15) is 0 Å². The molecule has 0 saturated heterocycles. The van der Waals surface area contributed by atoms with Gasteiger partial charge in [-0.05, 0) is 13.0 Å². The van der Waals surface area contributed by atoms with Gasteiger partial charge in [0.2, 0.25) is 0 Å². The first kappa shape index (κ1) is 12.4. The molecule has 0 radical (unpaired) electrons. The van der Waals surface area contributed by atoms with Gasteiger partial charge in [0.15, 0.2) is 0 Å². The van der Waals surface area contributed by atoms with Gasteiger partial charge < -0.3 is 14.9 Å². The number of hydrogen-bond donors (Lipinski definition) is 2. The lowest BCUT2D eigenvalue weighted by Crippen LogP contribution is -2.13. The summed E-state index contributed by atoms with van der Waals surface area (Å²) in [6.45, 7) is 1.28. The van der Waals surface area contributed by atoms with E-state index in [1.54, 1.807) is 6.92 Å². The average Bonchev–Trinajstić information content (AvgIpc) is 2.25. The van der Waals surface area contributed by atoms with Crippen LogP contribution in [-0.2, 0) is 6.61 Å². The molecular weight excluding hydrogens is 214 g/mol. The number of nitro benzene ring substituents is 1. The number of ether oxygens (including phenoxy) is 1. The van der Waals surface area contributed by atoms with E-state index >= 15 is 0 Å². The molecule has 0 aromatic heterocycles. The fourth-order valence-electron chi connectivity index (χ4n) is 1.15. The topological polar surface area (TPSA) is 92.8 Å². The second-order valence-electron chi connectivity index (χ2n) is 3.37. The van der Waals surface area contributed by atoms with E-state index in [9.17, 15) is 10.1 Å². The Hall–Kier alpha value is -1.66. The van der Waals surface area contributed by atoms with Crippen LogP contribution in [0.2, 0.25) is 0 Å². The molecule has 6 heteroatoms. The third-order valence-electron chi connectivity index (χ3n) is 1.91. The maximum atomic E-state index is 10.5. The van der Waals surface area contributed by atoms with Gasteiger partial charge in [-0.15, -0.1) is 0 Å². The zero-order valence-electron chi connectivity index (χ0n) is 8.79.